The van der Waals surface area contributed by atoms with E-state index in [1.165, 1.54) is 0 Å². The van der Waals surface area contributed by atoms with Crippen LogP contribution in [0.2, 0.25) is 0 Å². The van der Waals surface area contributed by atoms with Gasteiger partial charge in [-0.15, -0.1) is 0 Å². The number of aliphatic carboxylic acids is 2. The Bertz CT molecular complexity index is 273. The molecule has 0 rings (SSSR count). The minimum atomic E-state index is -1.34. The monoisotopic (exact) mass is 279 g/mol. The first-order chi connectivity index (χ1) is 7.47. The van der Waals surface area contributed by atoms with Gasteiger partial charge in [-0.3, -0.25) is 9.59 Å². The Labute approximate surface area is 150 Å². The van der Waals surface area contributed by atoms with Crippen molar-refractivity contribution in [3.63, 3.8) is 0 Å². The van der Waals surface area contributed by atoms with Crippen LogP contribution in [0.5, 0.6) is 0 Å². The average molecular weight is 279 g/mol. The second kappa shape index (κ2) is 13.8. The zero-order valence-corrected chi connectivity index (χ0v) is 9.23. The van der Waals surface area contributed by atoms with E-state index < -0.39 is 30.3 Å². The summed E-state index contributed by atoms with van der Waals surface area (Å²) in [5.74, 6) is -2.99. The topological polar surface area (TPSA) is 104 Å². The fourth-order valence-electron chi connectivity index (χ4n) is 1.18. The zero-order valence-electron chi connectivity index (χ0n) is 9.23. The molecule has 0 radical (unpaired) electrons. The average Bonchev–Trinajstić information content (AvgIpc) is 2.16. The third-order valence-electron chi connectivity index (χ3n) is 2.02. The standard InChI is InChI=1S/C10H17NO5.2Na.2H/c1-2-3-4-5-8(12)11-7(10(15)16)6-9(13)14;;;;/h7H,2-6H2,1H3,(H,11,12)(H,13,14)(H,15,16);;;;. The van der Waals surface area contributed by atoms with E-state index in [1.54, 1.807) is 0 Å². The van der Waals surface area contributed by atoms with E-state index in [2.05, 4.69) is 5.32 Å². The molecule has 96 valence electrons. The molecular weight excluding hydrogens is 260 g/mol. The van der Waals surface area contributed by atoms with E-state index in [9.17, 15) is 14.4 Å². The summed E-state index contributed by atoms with van der Waals surface area (Å²) in [6.07, 6.45) is 2.17. The molecule has 3 N–H and O–H groups in total. The Morgan fingerprint density at radius 3 is 2.06 bits per heavy atom. The van der Waals surface area contributed by atoms with Crippen LogP contribution in [-0.2, 0) is 14.4 Å². The molecule has 8 heteroatoms. The van der Waals surface area contributed by atoms with Crippen LogP contribution in [0.25, 0.3) is 0 Å². The molecule has 0 aliphatic rings. The molecule has 0 aromatic carbocycles. The van der Waals surface area contributed by atoms with Crippen molar-refractivity contribution in [2.75, 3.05) is 0 Å². The van der Waals surface area contributed by atoms with Crippen molar-refractivity contribution < 1.29 is 24.6 Å². The van der Waals surface area contributed by atoms with Gasteiger partial charge in [-0.25, -0.2) is 4.79 Å². The molecular formula is C10H19NNa2O5. The molecule has 18 heavy (non-hydrogen) atoms. The predicted octanol–water partition coefficient (Wildman–Crippen LogP) is -0.686. The van der Waals surface area contributed by atoms with Gasteiger partial charge < -0.3 is 15.5 Å². The van der Waals surface area contributed by atoms with Gasteiger partial charge in [-0.2, -0.15) is 0 Å². The number of hydrogen-bond acceptors (Lipinski definition) is 3. The van der Waals surface area contributed by atoms with Crippen molar-refractivity contribution in [1.29, 1.82) is 0 Å². The normalized spacial score (nSPS) is 10.5. The second-order valence-corrected chi connectivity index (χ2v) is 3.51. The van der Waals surface area contributed by atoms with Crippen molar-refractivity contribution in [2.45, 2.75) is 45.1 Å². The summed E-state index contributed by atoms with van der Waals surface area (Å²) >= 11 is 0. The predicted molar refractivity (Wildman–Crippen MR) is 70.3 cm³/mol. The number of nitrogens with one attached hydrogen (secondary N) is 1. The SMILES string of the molecule is CCCCCC(=O)NC(CC(=O)O)C(=O)O.[NaH].[NaH]. The van der Waals surface area contributed by atoms with Crippen LogP contribution in [0.1, 0.15) is 39.0 Å². The van der Waals surface area contributed by atoms with Crippen molar-refractivity contribution >= 4 is 77.0 Å². The van der Waals surface area contributed by atoms with Crippen molar-refractivity contribution in [3.05, 3.63) is 0 Å². The number of hydrogen-bond donors (Lipinski definition) is 3. The van der Waals surface area contributed by atoms with Gasteiger partial charge in [0.05, 0.1) is 6.42 Å². The van der Waals surface area contributed by atoms with E-state index >= 15 is 0 Å². The Morgan fingerprint density at radius 2 is 1.67 bits per heavy atom. The fourth-order valence-corrected chi connectivity index (χ4v) is 1.18. The van der Waals surface area contributed by atoms with E-state index in [0.29, 0.717) is 6.42 Å². The third kappa shape index (κ3) is 12.9. The molecule has 0 aromatic rings. The summed E-state index contributed by atoms with van der Waals surface area (Å²) in [6, 6.07) is -1.34. The molecule has 6 nitrogen and oxygen atoms in total. The summed E-state index contributed by atoms with van der Waals surface area (Å²) < 4.78 is 0. The Hall–Kier alpha value is 0.410. The molecule has 1 unspecified atom stereocenters. The van der Waals surface area contributed by atoms with Gasteiger partial charge in [0.2, 0.25) is 5.91 Å². The molecule has 0 saturated heterocycles. The minimum absolute atomic E-state index is 0. The van der Waals surface area contributed by atoms with Gasteiger partial charge in [0.1, 0.15) is 6.04 Å². The van der Waals surface area contributed by atoms with Crippen LogP contribution in [0.15, 0.2) is 0 Å². The van der Waals surface area contributed by atoms with E-state index in [0.717, 1.165) is 12.8 Å². The summed E-state index contributed by atoms with van der Waals surface area (Å²) in [5, 5.41) is 19.3. The number of carbonyl (C=O) groups is 3. The molecule has 0 saturated carbocycles. The Balaban J connectivity index is -0.00000112. The van der Waals surface area contributed by atoms with Crippen LogP contribution in [0.3, 0.4) is 0 Å². The van der Waals surface area contributed by atoms with Crippen LogP contribution in [0, 0.1) is 0 Å². The van der Waals surface area contributed by atoms with E-state index in [1.807, 2.05) is 6.92 Å². The van der Waals surface area contributed by atoms with Gasteiger partial charge in [-0.1, -0.05) is 19.8 Å². The first-order valence-corrected chi connectivity index (χ1v) is 5.21. The van der Waals surface area contributed by atoms with Crippen molar-refractivity contribution in [2.24, 2.45) is 0 Å². The number of amides is 1. The first kappa shape index (κ1) is 23.5. The number of unbranched alkanes of at least 4 members (excludes halogenated alkanes) is 2. The van der Waals surface area contributed by atoms with Crippen molar-refractivity contribution in [1.82, 2.24) is 5.32 Å². The molecule has 0 aliphatic heterocycles. The Kier molecular flexibility index (Phi) is 18.1. The van der Waals surface area contributed by atoms with Crippen LogP contribution in [0.4, 0.5) is 0 Å². The number of carbonyl (C=O) groups excluding carboxylic acids is 1. The molecule has 0 heterocycles. The molecule has 0 bridgehead atoms. The molecule has 1 atom stereocenters. The summed E-state index contributed by atoms with van der Waals surface area (Å²) in [4.78, 5) is 32.2. The van der Waals surface area contributed by atoms with Crippen LogP contribution < -0.4 is 5.32 Å². The maximum absolute atomic E-state index is 11.2. The van der Waals surface area contributed by atoms with Gasteiger partial charge in [-0.05, 0) is 6.42 Å². The first-order valence-electron chi connectivity index (χ1n) is 5.21. The number of carboxylic acid groups (broad SMARTS) is 2. The molecule has 0 aromatic heterocycles. The van der Waals surface area contributed by atoms with E-state index in [4.69, 9.17) is 10.2 Å². The summed E-state index contributed by atoms with van der Waals surface area (Å²) in [7, 11) is 0. The van der Waals surface area contributed by atoms with Gasteiger partial charge >= 0.3 is 71.1 Å². The molecule has 0 spiro atoms. The third-order valence-corrected chi connectivity index (χ3v) is 2.02. The zero-order chi connectivity index (χ0) is 12.6. The Morgan fingerprint density at radius 1 is 1.11 bits per heavy atom. The van der Waals surface area contributed by atoms with Gasteiger partial charge in [0.15, 0.2) is 0 Å². The van der Waals surface area contributed by atoms with Crippen molar-refractivity contribution in [3.8, 4) is 0 Å². The van der Waals surface area contributed by atoms with E-state index in [-0.39, 0.29) is 65.5 Å². The van der Waals surface area contributed by atoms with Crippen LogP contribution in [-0.4, -0.2) is 93.2 Å². The van der Waals surface area contributed by atoms with Gasteiger partial charge in [0, 0.05) is 6.42 Å². The molecule has 1 amide bonds. The second-order valence-electron chi connectivity index (χ2n) is 3.51. The van der Waals surface area contributed by atoms with Crippen LogP contribution >= 0.6 is 0 Å². The number of rotatable bonds is 8. The maximum atomic E-state index is 11.2. The van der Waals surface area contributed by atoms with Gasteiger partial charge in [0.25, 0.3) is 0 Å². The molecule has 0 fully saturated rings. The number of carboxylic acids is 2. The summed E-state index contributed by atoms with van der Waals surface area (Å²) in [5.41, 5.74) is 0. The molecule has 0 aliphatic carbocycles. The fraction of sp³-hybridized carbons (Fsp3) is 0.700. The summed E-state index contributed by atoms with van der Waals surface area (Å²) in [6.45, 7) is 1.99. The quantitative estimate of drug-likeness (QED) is 0.403.